The minimum atomic E-state index is -0.981. The Bertz CT molecular complexity index is 859. The molecule has 3 rings (SSSR count). The Morgan fingerprint density at radius 2 is 2.04 bits per heavy atom. The molecule has 0 aliphatic heterocycles. The van der Waals surface area contributed by atoms with Gasteiger partial charge in [0.05, 0.1) is 28.9 Å². The molecule has 0 aliphatic carbocycles. The van der Waals surface area contributed by atoms with Crippen LogP contribution in [-0.4, -0.2) is 53.2 Å². The first-order chi connectivity index (χ1) is 12.1. The standard InChI is InChI=1S/C19H21N3O3/c1-22(2)10-11-25-18(13-6-4-3-5-7-13)16-12-15-17(21-16)14(19(23)24)8-9-20-15/h3-9,12,18,21H,10-11H2,1-2H3,(H,23,24). The van der Waals surface area contributed by atoms with Crippen LogP contribution in [0.15, 0.2) is 48.7 Å². The lowest BCUT2D eigenvalue weighted by Crippen LogP contribution is -2.20. The number of nitrogens with one attached hydrogen (secondary N) is 1. The molecule has 25 heavy (non-hydrogen) atoms. The highest BCUT2D eigenvalue weighted by Gasteiger charge is 2.20. The first kappa shape index (κ1) is 17.1. The Morgan fingerprint density at radius 1 is 1.28 bits per heavy atom. The van der Waals surface area contributed by atoms with E-state index in [4.69, 9.17) is 4.74 Å². The van der Waals surface area contributed by atoms with Gasteiger partial charge in [-0.3, -0.25) is 4.98 Å². The van der Waals surface area contributed by atoms with Crippen molar-refractivity contribution in [3.63, 3.8) is 0 Å². The van der Waals surface area contributed by atoms with Gasteiger partial charge in [-0.1, -0.05) is 30.3 Å². The highest BCUT2D eigenvalue weighted by molar-refractivity contribution is 6.00. The van der Waals surface area contributed by atoms with E-state index in [0.717, 1.165) is 17.8 Å². The molecule has 3 aromatic rings. The number of rotatable bonds is 7. The van der Waals surface area contributed by atoms with Crippen LogP contribution >= 0.6 is 0 Å². The lowest BCUT2D eigenvalue weighted by Gasteiger charge is -2.19. The molecule has 1 unspecified atom stereocenters. The van der Waals surface area contributed by atoms with Crippen molar-refractivity contribution in [1.82, 2.24) is 14.9 Å². The fourth-order valence-corrected chi connectivity index (χ4v) is 2.71. The van der Waals surface area contributed by atoms with Crippen LogP contribution in [0.5, 0.6) is 0 Å². The SMILES string of the molecule is CN(C)CCOC(c1ccccc1)c1cc2nccc(C(=O)O)c2[nH]1. The van der Waals surface area contributed by atoms with E-state index in [1.165, 1.54) is 12.3 Å². The number of pyridine rings is 1. The molecule has 6 heteroatoms. The van der Waals surface area contributed by atoms with Gasteiger partial charge in [-0.2, -0.15) is 0 Å². The van der Waals surface area contributed by atoms with Gasteiger partial charge in [0.25, 0.3) is 0 Å². The average molecular weight is 339 g/mol. The van der Waals surface area contributed by atoms with E-state index in [9.17, 15) is 9.90 Å². The molecular formula is C19H21N3O3. The Hall–Kier alpha value is -2.70. The Kier molecular flexibility index (Phi) is 5.11. The van der Waals surface area contributed by atoms with E-state index in [1.807, 2.05) is 50.5 Å². The number of likely N-dealkylation sites (N-methyl/N-ethyl adjacent to an activating group) is 1. The predicted molar refractivity (Wildman–Crippen MR) is 95.8 cm³/mol. The molecule has 6 nitrogen and oxygen atoms in total. The molecule has 2 N–H and O–H groups in total. The molecule has 0 spiro atoms. The second-order valence-electron chi connectivity index (χ2n) is 6.11. The fourth-order valence-electron chi connectivity index (χ4n) is 2.71. The van der Waals surface area contributed by atoms with Gasteiger partial charge in [0, 0.05) is 12.7 Å². The van der Waals surface area contributed by atoms with Crippen LogP contribution < -0.4 is 0 Å². The van der Waals surface area contributed by atoms with E-state index in [-0.39, 0.29) is 11.7 Å². The molecule has 0 saturated carbocycles. The predicted octanol–water partition coefficient (Wildman–Crippen LogP) is 2.93. The molecule has 0 bridgehead atoms. The molecule has 2 heterocycles. The van der Waals surface area contributed by atoms with Crippen molar-refractivity contribution >= 4 is 17.0 Å². The quantitative estimate of drug-likeness (QED) is 0.692. The Labute approximate surface area is 146 Å². The van der Waals surface area contributed by atoms with Crippen LogP contribution in [0.1, 0.15) is 27.7 Å². The number of hydrogen-bond acceptors (Lipinski definition) is 4. The molecule has 2 aromatic heterocycles. The second kappa shape index (κ2) is 7.46. The van der Waals surface area contributed by atoms with Gasteiger partial charge < -0.3 is 19.7 Å². The van der Waals surface area contributed by atoms with Crippen molar-refractivity contribution in [1.29, 1.82) is 0 Å². The topological polar surface area (TPSA) is 78.4 Å². The highest BCUT2D eigenvalue weighted by Crippen LogP contribution is 2.28. The number of H-pyrrole nitrogens is 1. The first-order valence-corrected chi connectivity index (χ1v) is 8.08. The van der Waals surface area contributed by atoms with E-state index in [1.54, 1.807) is 0 Å². The summed E-state index contributed by atoms with van der Waals surface area (Å²) in [5, 5.41) is 9.37. The van der Waals surface area contributed by atoms with Crippen molar-refractivity contribution in [3.05, 3.63) is 65.5 Å². The van der Waals surface area contributed by atoms with Crippen molar-refractivity contribution in [2.45, 2.75) is 6.10 Å². The van der Waals surface area contributed by atoms with Crippen LogP contribution in [0.2, 0.25) is 0 Å². The zero-order valence-electron chi connectivity index (χ0n) is 14.3. The second-order valence-corrected chi connectivity index (χ2v) is 6.11. The number of nitrogens with zero attached hydrogens (tertiary/aromatic N) is 2. The lowest BCUT2D eigenvalue weighted by atomic mass is 10.1. The number of ether oxygens (including phenoxy) is 1. The summed E-state index contributed by atoms with van der Waals surface area (Å²) in [5.74, 6) is -0.981. The van der Waals surface area contributed by atoms with Crippen molar-refractivity contribution in [2.75, 3.05) is 27.2 Å². The first-order valence-electron chi connectivity index (χ1n) is 8.08. The molecule has 0 saturated heterocycles. The largest absolute Gasteiger partial charge is 0.478 e. The van der Waals surface area contributed by atoms with E-state index >= 15 is 0 Å². The van der Waals surface area contributed by atoms with Gasteiger partial charge in [-0.15, -0.1) is 0 Å². The normalized spacial score (nSPS) is 12.6. The monoisotopic (exact) mass is 339 g/mol. The van der Waals surface area contributed by atoms with Gasteiger partial charge in [-0.25, -0.2) is 4.79 Å². The molecule has 130 valence electrons. The third kappa shape index (κ3) is 3.87. The molecule has 0 radical (unpaired) electrons. The van der Waals surface area contributed by atoms with Crippen molar-refractivity contribution < 1.29 is 14.6 Å². The summed E-state index contributed by atoms with van der Waals surface area (Å²) in [6, 6.07) is 13.2. The Balaban J connectivity index is 1.99. The van der Waals surface area contributed by atoms with Crippen LogP contribution in [0, 0.1) is 0 Å². The summed E-state index contributed by atoms with van der Waals surface area (Å²) in [6.07, 6.45) is 1.20. The van der Waals surface area contributed by atoms with Crippen LogP contribution in [0.4, 0.5) is 0 Å². The number of hydrogen-bond donors (Lipinski definition) is 2. The van der Waals surface area contributed by atoms with Gasteiger partial charge in [0.1, 0.15) is 6.10 Å². The zero-order chi connectivity index (χ0) is 17.8. The summed E-state index contributed by atoms with van der Waals surface area (Å²) in [7, 11) is 3.99. The van der Waals surface area contributed by atoms with Crippen LogP contribution in [-0.2, 0) is 4.74 Å². The van der Waals surface area contributed by atoms with E-state index in [2.05, 4.69) is 14.9 Å². The van der Waals surface area contributed by atoms with Gasteiger partial charge in [0.2, 0.25) is 0 Å². The third-order valence-corrected chi connectivity index (χ3v) is 3.98. The average Bonchev–Trinajstić information content (AvgIpc) is 3.02. The summed E-state index contributed by atoms with van der Waals surface area (Å²) < 4.78 is 6.11. The van der Waals surface area contributed by atoms with Crippen LogP contribution in [0.3, 0.4) is 0 Å². The minimum Gasteiger partial charge on any atom is -0.478 e. The maximum atomic E-state index is 11.4. The summed E-state index contributed by atoms with van der Waals surface area (Å²) in [6.45, 7) is 1.35. The Morgan fingerprint density at radius 3 is 2.72 bits per heavy atom. The summed E-state index contributed by atoms with van der Waals surface area (Å²) >= 11 is 0. The van der Waals surface area contributed by atoms with Gasteiger partial charge in [-0.05, 0) is 31.8 Å². The van der Waals surface area contributed by atoms with Crippen molar-refractivity contribution in [3.8, 4) is 0 Å². The molecular weight excluding hydrogens is 318 g/mol. The number of benzene rings is 1. The van der Waals surface area contributed by atoms with Crippen molar-refractivity contribution in [2.24, 2.45) is 0 Å². The molecule has 1 atom stereocenters. The van der Waals surface area contributed by atoms with Crippen LogP contribution in [0.25, 0.3) is 11.0 Å². The number of aromatic carboxylic acids is 1. The van der Waals surface area contributed by atoms with Gasteiger partial charge >= 0.3 is 5.97 Å². The number of carboxylic acids is 1. The number of carbonyl (C=O) groups is 1. The highest BCUT2D eigenvalue weighted by atomic mass is 16.5. The molecule has 1 aromatic carbocycles. The fraction of sp³-hybridized carbons (Fsp3) is 0.263. The maximum absolute atomic E-state index is 11.4. The number of carboxylic acid groups (broad SMARTS) is 1. The number of aromatic amines is 1. The van der Waals surface area contributed by atoms with E-state index in [0.29, 0.717) is 17.6 Å². The number of aromatic nitrogens is 2. The molecule has 0 amide bonds. The zero-order valence-corrected chi connectivity index (χ0v) is 14.3. The smallest absolute Gasteiger partial charge is 0.337 e. The third-order valence-electron chi connectivity index (χ3n) is 3.98. The maximum Gasteiger partial charge on any atom is 0.337 e. The van der Waals surface area contributed by atoms with E-state index < -0.39 is 5.97 Å². The summed E-state index contributed by atoms with van der Waals surface area (Å²) in [5.41, 5.74) is 3.14. The number of fused-ring (bicyclic) bond motifs is 1. The lowest BCUT2D eigenvalue weighted by molar-refractivity contribution is 0.0664. The van der Waals surface area contributed by atoms with Gasteiger partial charge in [0.15, 0.2) is 0 Å². The summed E-state index contributed by atoms with van der Waals surface area (Å²) in [4.78, 5) is 21.0. The molecule has 0 fully saturated rings. The molecule has 0 aliphatic rings. The minimum absolute atomic E-state index is 0.205.